The number of aliphatic hydroxyl groups excluding tert-OH is 1. The van der Waals surface area contributed by atoms with Crippen molar-refractivity contribution in [3.63, 3.8) is 0 Å². The molecule has 0 bridgehead atoms. The van der Waals surface area contributed by atoms with Crippen molar-refractivity contribution < 1.29 is 5.11 Å². The molecule has 1 saturated carbocycles. The molecule has 0 spiro atoms. The van der Waals surface area contributed by atoms with Crippen LogP contribution in [0.3, 0.4) is 0 Å². The molecule has 0 aliphatic heterocycles. The van der Waals surface area contributed by atoms with Gasteiger partial charge in [0.1, 0.15) is 0 Å². The van der Waals surface area contributed by atoms with E-state index in [0.717, 1.165) is 0 Å². The predicted octanol–water partition coefficient (Wildman–Crippen LogP) is 1.84. The summed E-state index contributed by atoms with van der Waals surface area (Å²) in [6.45, 7) is 0.364. The Labute approximate surface area is 64.3 Å². The van der Waals surface area contributed by atoms with Gasteiger partial charge in [-0.3, -0.25) is 0 Å². The molecule has 54 valence electrons. The number of aliphatic hydroxyl groups is 1. The molecule has 1 aromatic heterocycles. The summed E-state index contributed by atoms with van der Waals surface area (Å²) >= 11 is 1.80. The van der Waals surface area contributed by atoms with Gasteiger partial charge in [0.15, 0.2) is 0 Å². The Morgan fingerprint density at radius 1 is 1.70 bits per heavy atom. The normalized spacial score (nSPS) is 30.5. The van der Waals surface area contributed by atoms with E-state index in [0.29, 0.717) is 18.4 Å². The van der Waals surface area contributed by atoms with Gasteiger partial charge in [-0.05, 0) is 29.7 Å². The van der Waals surface area contributed by atoms with Crippen LogP contribution in [-0.2, 0) is 0 Å². The quantitative estimate of drug-likeness (QED) is 0.689. The van der Waals surface area contributed by atoms with Crippen molar-refractivity contribution in [2.75, 3.05) is 6.61 Å². The van der Waals surface area contributed by atoms with Crippen LogP contribution in [0.25, 0.3) is 0 Å². The third-order valence-corrected chi connectivity index (χ3v) is 3.07. The van der Waals surface area contributed by atoms with E-state index in [2.05, 4.69) is 17.5 Å². The van der Waals surface area contributed by atoms with Gasteiger partial charge < -0.3 is 5.11 Å². The maximum Gasteiger partial charge on any atom is 0.0465 e. The van der Waals surface area contributed by atoms with Gasteiger partial charge in [-0.25, -0.2) is 0 Å². The Kier molecular flexibility index (Phi) is 1.51. The first-order valence-electron chi connectivity index (χ1n) is 3.56. The first-order chi connectivity index (χ1) is 4.92. The maximum atomic E-state index is 8.78. The van der Waals surface area contributed by atoms with E-state index in [1.165, 1.54) is 11.3 Å². The molecule has 1 N–H and O–H groups in total. The van der Waals surface area contributed by atoms with Crippen LogP contribution in [0.4, 0.5) is 0 Å². The minimum atomic E-state index is 0.364. The largest absolute Gasteiger partial charge is 0.396 e. The standard InChI is InChI=1S/C8H10OS/c9-5-6-4-7(6)8-2-1-3-10-8/h1-3,6-7,9H,4-5H2/t6-,7+/m0/s1. The summed E-state index contributed by atoms with van der Waals surface area (Å²) in [4.78, 5) is 1.44. The lowest BCUT2D eigenvalue weighted by Crippen LogP contribution is -1.85. The van der Waals surface area contributed by atoms with Crippen molar-refractivity contribution in [2.24, 2.45) is 5.92 Å². The molecule has 0 unspecified atom stereocenters. The van der Waals surface area contributed by atoms with E-state index in [1.807, 2.05) is 0 Å². The maximum absolute atomic E-state index is 8.78. The predicted molar refractivity (Wildman–Crippen MR) is 42.3 cm³/mol. The van der Waals surface area contributed by atoms with Crippen LogP contribution < -0.4 is 0 Å². The average molecular weight is 154 g/mol. The number of thiophene rings is 1. The molecule has 1 heterocycles. The molecule has 0 radical (unpaired) electrons. The van der Waals surface area contributed by atoms with Crippen LogP contribution in [0.15, 0.2) is 17.5 Å². The second kappa shape index (κ2) is 2.36. The topological polar surface area (TPSA) is 20.2 Å². The molecule has 1 aliphatic rings. The smallest absolute Gasteiger partial charge is 0.0465 e. The van der Waals surface area contributed by atoms with Crippen LogP contribution in [0, 0.1) is 5.92 Å². The average Bonchev–Trinajstić information content (AvgIpc) is 2.56. The van der Waals surface area contributed by atoms with Gasteiger partial charge in [-0.15, -0.1) is 11.3 Å². The van der Waals surface area contributed by atoms with Crippen molar-refractivity contribution in [1.82, 2.24) is 0 Å². The Morgan fingerprint density at radius 2 is 2.60 bits per heavy atom. The first-order valence-corrected chi connectivity index (χ1v) is 4.44. The Morgan fingerprint density at radius 3 is 3.10 bits per heavy atom. The highest BCUT2D eigenvalue weighted by Crippen LogP contribution is 2.48. The molecule has 2 rings (SSSR count). The van der Waals surface area contributed by atoms with E-state index in [9.17, 15) is 0 Å². The minimum absolute atomic E-state index is 0.364. The molecular weight excluding hydrogens is 144 g/mol. The van der Waals surface area contributed by atoms with Crippen molar-refractivity contribution in [2.45, 2.75) is 12.3 Å². The zero-order chi connectivity index (χ0) is 6.97. The molecule has 0 amide bonds. The fourth-order valence-corrected chi connectivity index (χ4v) is 2.23. The molecular formula is C8H10OS. The molecule has 1 aliphatic carbocycles. The van der Waals surface area contributed by atoms with E-state index < -0.39 is 0 Å². The summed E-state index contributed by atoms with van der Waals surface area (Å²) in [6, 6.07) is 4.23. The van der Waals surface area contributed by atoms with Gasteiger partial charge >= 0.3 is 0 Å². The lowest BCUT2D eigenvalue weighted by atomic mass is 10.3. The van der Waals surface area contributed by atoms with Gasteiger partial charge in [-0.1, -0.05) is 6.07 Å². The summed E-state index contributed by atoms with van der Waals surface area (Å²) in [5.41, 5.74) is 0. The summed E-state index contributed by atoms with van der Waals surface area (Å²) in [5, 5.41) is 10.9. The summed E-state index contributed by atoms with van der Waals surface area (Å²) in [6.07, 6.45) is 1.19. The van der Waals surface area contributed by atoms with Crippen LogP contribution in [0.2, 0.25) is 0 Å². The number of rotatable bonds is 2. The van der Waals surface area contributed by atoms with Crippen LogP contribution in [0.5, 0.6) is 0 Å². The summed E-state index contributed by atoms with van der Waals surface area (Å²) in [7, 11) is 0. The fourth-order valence-electron chi connectivity index (χ4n) is 1.30. The van der Waals surface area contributed by atoms with Gasteiger partial charge in [0.05, 0.1) is 0 Å². The number of hydrogen-bond donors (Lipinski definition) is 1. The van der Waals surface area contributed by atoms with Gasteiger partial charge in [0.2, 0.25) is 0 Å². The molecule has 1 fully saturated rings. The molecule has 2 heteroatoms. The lowest BCUT2D eigenvalue weighted by molar-refractivity contribution is 0.274. The highest BCUT2D eigenvalue weighted by atomic mass is 32.1. The van der Waals surface area contributed by atoms with Crippen molar-refractivity contribution in [3.05, 3.63) is 22.4 Å². The minimum Gasteiger partial charge on any atom is -0.396 e. The zero-order valence-corrected chi connectivity index (χ0v) is 6.47. The molecule has 1 aromatic rings. The van der Waals surface area contributed by atoms with E-state index in [-0.39, 0.29) is 0 Å². The van der Waals surface area contributed by atoms with Crippen LogP contribution in [-0.4, -0.2) is 11.7 Å². The van der Waals surface area contributed by atoms with E-state index in [4.69, 9.17) is 5.11 Å². The molecule has 0 saturated heterocycles. The summed E-state index contributed by atoms with van der Waals surface area (Å²) in [5.74, 6) is 1.25. The zero-order valence-electron chi connectivity index (χ0n) is 5.66. The summed E-state index contributed by atoms with van der Waals surface area (Å²) < 4.78 is 0. The lowest BCUT2D eigenvalue weighted by Gasteiger charge is -1.89. The van der Waals surface area contributed by atoms with Crippen LogP contribution in [0.1, 0.15) is 17.2 Å². The SMILES string of the molecule is OC[C@@H]1C[C@H]1c1cccs1. The monoisotopic (exact) mass is 154 g/mol. The van der Waals surface area contributed by atoms with Crippen LogP contribution >= 0.6 is 11.3 Å². The first kappa shape index (κ1) is 6.38. The third kappa shape index (κ3) is 0.976. The Hall–Kier alpha value is -0.340. The molecule has 1 nitrogen and oxygen atoms in total. The highest BCUT2D eigenvalue weighted by molar-refractivity contribution is 7.10. The fraction of sp³-hybridized carbons (Fsp3) is 0.500. The third-order valence-electron chi connectivity index (χ3n) is 2.07. The van der Waals surface area contributed by atoms with Gasteiger partial charge in [-0.2, -0.15) is 0 Å². The molecule has 10 heavy (non-hydrogen) atoms. The second-order valence-corrected chi connectivity index (χ2v) is 3.78. The Bertz CT molecular complexity index is 205. The highest BCUT2D eigenvalue weighted by Gasteiger charge is 2.37. The number of hydrogen-bond acceptors (Lipinski definition) is 2. The molecule has 2 atom stereocenters. The van der Waals surface area contributed by atoms with Crippen molar-refractivity contribution in [1.29, 1.82) is 0 Å². The van der Waals surface area contributed by atoms with Gasteiger partial charge in [0, 0.05) is 11.5 Å². The van der Waals surface area contributed by atoms with Crippen molar-refractivity contribution in [3.8, 4) is 0 Å². The van der Waals surface area contributed by atoms with Crippen molar-refractivity contribution >= 4 is 11.3 Å². The second-order valence-electron chi connectivity index (χ2n) is 2.80. The van der Waals surface area contributed by atoms with Gasteiger partial charge in [0.25, 0.3) is 0 Å². The molecule has 0 aromatic carbocycles. The van der Waals surface area contributed by atoms with E-state index >= 15 is 0 Å². The Balaban J connectivity index is 2.05. The van der Waals surface area contributed by atoms with E-state index in [1.54, 1.807) is 11.3 Å².